The van der Waals surface area contributed by atoms with Crippen molar-refractivity contribution in [3.8, 4) is 0 Å². The number of carbonyl (C=O) groups excluding carboxylic acids is 3. The predicted octanol–water partition coefficient (Wildman–Crippen LogP) is 1.88. The van der Waals surface area contributed by atoms with Gasteiger partial charge in [0.2, 0.25) is 0 Å². The molecule has 2 aliphatic carbocycles. The first kappa shape index (κ1) is 24.6. The summed E-state index contributed by atoms with van der Waals surface area (Å²) in [4.78, 5) is 48.4. The van der Waals surface area contributed by atoms with Crippen LogP contribution < -0.4 is 5.11 Å². The molecule has 31 heavy (non-hydrogen) atoms. The van der Waals surface area contributed by atoms with Crippen LogP contribution in [0.2, 0.25) is 0 Å². The third-order valence-corrected chi connectivity index (χ3v) is 6.40. The molecule has 0 fully saturated rings. The largest absolute Gasteiger partial charge is 0.550 e. The van der Waals surface area contributed by atoms with Crippen LogP contribution in [0.25, 0.3) is 0 Å². The van der Waals surface area contributed by atoms with Crippen LogP contribution in [0.5, 0.6) is 0 Å². The molecule has 172 valence electrons. The van der Waals surface area contributed by atoms with Crippen molar-refractivity contribution in [1.29, 1.82) is 0 Å². The Morgan fingerprint density at radius 1 is 0.903 bits per heavy atom. The van der Waals surface area contributed by atoms with E-state index >= 15 is 0 Å². The number of allylic oxidation sites excluding steroid dienone is 4. The number of carboxylic acids is 2. The van der Waals surface area contributed by atoms with Crippen molar-refractivity contribution in [2.75, 3.05) is 13.2 Å². The maximum atomic E-state index is 12.7. The van der Waals surface area contributed by atoms with E-state index in [1.807, 2.05) is 0 Å². The van der Waals surface area contributed by atoms with E-state index in [4.69, 9.17) is 9.47 Å². The molecular formula is C23H31O8-. The highest BCUT2D eigenvalue weighted by Crippen LogP contribution is 2.41. The number of hydrogen-bond acceptors (Lipinski definition) is 7. The quantitative estimate of drug-likeness (QED) is 0.452. The first-order valence-electron chi connectivity index (χ1n) is 10.4. The monoisotopic (exact) mass is 435 g/mol. The van der Waals surface area contributed by atoms with Crippen LogP contribution in [0, 0.1) is 28.1 Å². The summed E-state index contributed by atoms with van der Waals surface area (Å²) >= 11 is 0. The van der Waals surface area contributed by atoms with Gasteiger partial charge in [-0.25, -0.2) is 0 Å². The minimum atomic E-state index is -1.29. The van der Waals surface area contributed by atoms with E-state index in [-0.39, 0.29) is 38.9 Å². The Balaban J connectivity index is 1.97. The van der Waals surface area contributed by atoms with Gasteiger partial charge in [-0.05, 0) is 39.5 Å². The summed E-state index contributed by atoms with van der Waals surface area (Å²) in [7, 11) is 0. The molecule has 0 aromatic rings. The SMILES string of the molecule is CC(C)(COC(=O)C1(C)CC=CCC1C(=O)[O-])COC(=O)C1(C)CC=CCC1C(=O)O. The van der Waals surface area contributed by atoms with E-state index in [1.165, 1.54) is 0 Å². The summed E-state index contributed by atoms with van der Waals surface area (Å²) < 4.78 is 10.9. The van der Waals surface area contributed by atoms with E-state index in [1.54, 1.807) is 52.0 Å². The zero-order valence-electron chi connectivity index (χ0n) is 18.5. The van der Waals surface area contributed by atoms with Crippen molar-refractivity contribution >= 4 is 23.9 Å². The summed E-state index contributed by atoms with van der Waals surface area (Å²) in [5.74, 6) is -5.43. The summed E-state index contributed by atoms with van der Waals surface area (Å²) in [6, 6.07) is 0. The van der Waals surface area contributed by atoms with Crippen molar-refractivity contribution in [3.63, 3.8) is 0 Å². The fourth-order valence-corrected chi connectivity index (χ4v) is 4.00. The fourth-order valence-electron chi connectivity index (χ4n) is 4.00. The lowest BCUT2D eigenvalue weighted by molar-refractivity contribution is -0.315. The van der Waals surface area contributed by atoms with Crippen LogP contribution in [0.1, 0.15) is 53.4 Å². The Morgan fingerprint density at radius 2 is 1.32 bits per heavy atom. The molecule has 0 saturated heterocycles. The molecule has 0 amide bonds. The lowest BCUT2D eigenvalue weighted by atomic mass is 9.70. The molecule has 0 aromatic heterocycles. The fraction of sp³-hybridized carbons (Fsp3) is 0.652. The average molecular weight is 435 g/mol. The standard InChI is InChI=1S/C23H32O8/c1-21(2,13-30-19(28)22(3)11-7-5-9-15(22)17(24)25)14-31-20(29)23(4)12-8-6-10-16(23)18(26)27/h5-8,15-16H,9-14H2,1-4H3,(H,24,25)(H,26,27)/p-1. The summed E-state index contributed by atoms with van der Waals surface area (Å²) in [5.41, 5.74) is -3.14. The van der Waals surface area contributed by atoms with Gasteiger partial charge in [0.05, 0.1) is 30.0 Å². The summed E-state index contributed by atoms with van der Waals surface area (Å²) in [5, 5.41) is 20.9. The second kappa shape index (κ2) is 9.24. The molecule has 4 atom stereocenters. The van der Waals surface area contributed by atoms with Gasteiger partial charge < -0.3 is 24.5 Å². The Hall–Kier alpha value is -2.64. The van der Waals surface area contributed by atoms with Gasteiger partial charge in [0, 0.05) is 17.3 Å². The smallest absolute Gasteiger partial charge is 0.313 e. The number of carboxylic acid groups (broad SMARTS) is 2. The van der Waals surface area contributed by atoms with E-state index in [9.17, 15) is 29.4 Å². The number of esters is 2. The van der Waals surface area contributed by atoms with Crippen molar-refractivity contribution in [2.24, 2.45) is 28.1 Å². The minimum absolute atomic E-state index is 0.0781. The van der Waals surface area contributed by atoms with E-state index in [2.05, 4.69) is 0 Å². The van der Waals surface area contributed by atoms with Crippen LogP contribution in [-0.2, 0) is 28.7 Å². The van der Waals surface area contributed by atoms with Crippen LogP contribution in [0.4, 0.5) is 0 Å². The molecule has 4 unspecified atom stereocenters. The minimum Gasteiger partial charge on any atom is -0.550 e. The zero-order chi connectivity index (χ0) is 23.4. The highest BCUT2D eigenvalue weighted by molar-refractivity contribution is 5.85. The second-order valence-electron chi connectivity index (χ2n) is 9.74. The molecule has 0 saturated carbocycles. The molecule has 2 aliphatic rings. The van der Waals surface area contributed by atoms with Gasteiger partial charge in [-0.2, -0.15) is 0 Å². The van der Waals surface area contributed by atoms with Gasteiger partial charge in [-0.3, -0.25) is 14.4 Å². The third-order valence-electron chi connectivity index (χ3n) is 6.40. The number of ether oxygens (including phenoxy) is 2. The molecule has 8 nitrogen and oxygen atoms in total. The molecule has 1 N–H and O–H groups in total. The summed E-state index contributed by atoms with van der Waals surface area (Å²) in [6.07, 6.45) is 7.97. The molecule has 0 bridgehead atoms. The third kappa shape index (κ3) is 5.35. The lowest BCUT2D eigenvalue weighted by Gasteiger charge is -2.38. The Morgan fingerprint density at radius 3 is 1.74 bits per heavy atom. The molecule has 0 radical (unpaired) electrons. The normalized spacial score (nSPS) is 30.5. The van der Waals surface area contributed by atoms with Gasteiger partial charge in [0.25, 0.3) is 0 Å². The highest BCUT2D eigenvalue weighted by Gasteiger charge is 2.47. The second-order valence-corrected chi connectivity index (χ2v) is 9.74. The van der Waals surface area contributed by atoms with Crippen molar-refractivity contribution < 1.29 is 38.9 Å². The average Bonchev–Trinajstić information content (AvgIpc) is 2.70. The van der Waals surface area contributed by atoms with Crippen LogP contribution in [-0.4, -0.2) is 42.2 Å². The van der Waals surface area contributed by atoms with Gasteiger partial charge in [0.15, 0.2) is 0 Å². The Bertz CT molecular complexity index is 731. The number of rotatable bonds is 8. The number of hydrogen-bond donors (Lipinski definition) is 1. The zero-order valence-corrected chi connectivity index (χ0v) is 18.5. The maximum absolute atomic E-state index is 12.7. The molecular weight excluding hydrogens is 404 g/mol. The van der Waals surface area contributed by atoms with Gasteiger partial charge in [-0.15, -0.1) is 0 Å². The number of aliphatic carboxylic acids is 2. The van der Waals surface area contributed by atoms with E-state index in [0.29, 0.717) is 0 Å². The van der Waals surface area contributed by atoms with Crippen LogP contribution >= 0.6 is 0 Å². The van der Waals surface area contributed by atoms with E-state index < -0.39 is 52.0 Å². The molecule has 0 aliphatic heterocycles. The Labute approximate surface area is 182 Å². The molecule has 0 aromatic carbocycles. The predicted molar refractivity (Wildman–Crippen MR) is 108 cm³/mol. The molecule has 0 heterocycles. The van der Waals surface area contributed by atoms with Gasteiger partial charge in [-0.1, -0.05) is 38.2 Å². The van der Waals surface area contributed by atoms with Gasteiger partial charge in [0.1, 0.15) is 0 Å². The molecule has 8 heteroatoms. The summed E-state index contributed by atoms with van der Waals surface area (Å²) in [6.45, 7) is 6.45. The highest BCUT2D eigenvalue weighted by atomic mass is 16.6. The number of carbonyl (C=O) groups is 4. The van der Waals surface area contributed by atoms with Crippen molar-refractivity contribution in [3.05, 3.63) is 24.3 Å². The van der Waals surface area contributed by atoms with Crippen molar-refractivity contribution in [1.82, 2.24) is 0 Å². The Kier molecular flexibility index (Phi) is 7.34. The maximum Gasteiger partial charge on any atom is 0.313 e. The first-order chi connectivity index (χ1) is 14.3. The lowest BCUT2D eigenvalue weighted by Crippen LogP contribution is -2.48. The van der Waals surface area contributed by atoms with E-state index in [0.717, 1.165) is 0 Å². The van der Waals surface area contributed by atoms with Crippen LogP contribution in [0.15, 0.2) is 24.3 Å². The van der Waals surface area contributed by atoms with Crippen LogP contribution in [0.3, 0.4) is 0 Å². The van der Waals surface area contributed by atoms with Gasteiger partial charge >= 0.3 is 17.9 Å². The van der Waals surface area contributed by atoms with Crippen molar-refractivity contribution in [2.45, 2.75) is 53.4 Å². The topological polar surface area (TPSA) is 130 Å². The molecule has 2 rings (SSSR count). The molecule has 0 spiro atoms. The first-order valence-corrected chi connectivity index (χ1v) is 10.4.